The molecule has 0 radical (unpaired) electrons. The third-order valence-electron chi connectivity index (χ3n) is 7.48. The number of esters is 1. The summed E-state index contributed by atoms with van der Waals surface area (Å²) in [6, 6.07) is 26.5. The summed E-state index contributed by atoms with van der Waals surface area (Å²) >= 11 is 1.31. The predicted octanol–water partition coefficient (Wildman–Crippen LogP) is 5.36. The fourth-order valence-electron chi connectivity index (χ4n) is 6.15. The molecule has 1 saturated heterocycles. The van der Waals surface area contributed by atoms with E-state index in [1.54, 1.807) is 36.4 Å². The lowest BCUT2D eigenvalue weighted by molar-refractivity contribution is -0.122. The van der Waals surface area contributed by atoms with Gasteiger partial charge in [0.15, 0.2) is 0 Å². The molecule has 2 bridgehead atoms. The van der Waals surface area contributed by atoms with Gasteiger partial charge in [-0.25, -0.2) is 9.69 Å². The number of benzene rings is 3. The zero-order valence-corrected chi connectivity index (χ0v) is 19.3. The molecule has 1 aromatic heterocycles. The van der Waals surface area contributed by atoms with Crippen LogP contribution in [0.15, 0.2) is 90.3 Å². The molecule has 35 heavy (non-hydrogen) atoms. The van der Waals surface area contributed by atoms with Crippen molar-refractivity contribution < 1.29 is 19.1 Å². The van der Waals surface area contributed by atoms with E-state index < -0.39 is 17.8 Å². The van der Waals surface area contributed by atoms with E-state index in [0.29, 0.717) is 16.3 Å². The van der Waals surface area contributed by atoms with Crippen LogP contribution >= 0.6 is 11.3 Å². The SMILES string of the molecule is O=C(Oc1ccc(N2C(=O)[C@H]3C4c5ccccc5C(c5ccccc54)[C@@H]3C2=O)cc1)c1cccs1. The summed E-state index contributed by atoms with van der Waals surface area (Å²) in [4.78, 5) is 41.7. The minimum Gasteiger partial charge on any atom is -0.422 e. The Morgan fingerprint density at radius 1 is 0.686 bits per heavy atom. The second-order valence-electron chi connectivity index (χ2n) is 9.14. The van der Waals surface area contributed by atoms with Crippen LogP contribution in [0.4, 0.5) is 5.69 Å². The highest BCUT2D eigenvalue weighted by atomic mass is 32.1. The molecule has 2 atom stereocenters. The fourth-order valence-corrected chi connectivity index (χ4v) is 6.75. The van der Waals surface area contributed by atoms with Gasteiger partial charge in [0.2, 0.25) is 11.8 Å². The quantitative estimate of drug-likeness (QED) is 0.226. The molecule has 0 N–H and O–H groups in total. The smallest absolute Gasteiger partial charge is 0.353 e. The first-order valence-corrected chi connectivity index (χ1v) is 12.4. The van der Waals surface area contributed by atoms with Crippen molar-refractivity contribution in [2.24, 2.45) is 11.8 Å². The van der Waals surface area contributed by atoms with Gasteiger partial charge in [-0.3, -0.25) is 9.59 Å². The number of amides is 2. The molecule has 0 spiro atoms. The molecule has 0 saturated carbocycles. The van der Waals surface area contributed by atoms with E-state index in [2.05, 4.69) is 24.3 Å². The molecule has 1 fully saturated rings. The summed E-state index contributed by atoms with van der Waals surface area (Å²) in [5.41, 5.74) is 5.10. The van der Waals surface area contributed by atoms with Crippen LogP contribution in [0, 0.1) is 11.8 Å². The Balaban J connectivity index is 1.24. The number of imide groups is 1. The van der Waals surface area contributed by atoms with Crippen molar-refractivity contribution in [2.45, 2.75) is 11.8 Å². The van der Waals surface area contributed by atoms with E-state index in [-0.39, 0.29) is 23.7 Å². The van der Waals surface area contributed by atoms with Crippen LogP contribution in [0.5, 0.6) is 5.75 Å². The lowest BCUT2D eigenvalue weighted by Crippen LogP contribution is -2.41. The van der Waals surface area contributed by atoms with Gasteiger partial charge in [-0.2, -0.15) is 0 Å². The summed E-state index contributed by atoms with van der Waals surface area (Å²) in [5.74, 6) is -1.51. The highest BCUT2D eigenvalue weighted by Crippen LogP contribution is 2.61. The van der Waals surface area contributed by atoms with E-state index >= 15 is 0 Å². The Morgan fingerprint density at radius 2 is 1.20 bits per heavy atom. The first-order chi connectivity index (χ1) is 17.1. The van der Waals surface area contributed by atoms with E-state index in [4.69, 9.17) is 4.74 Å². The number of anilines is 1. The van der Waals surface area contributed by atoms with Crippen LogP contribution in [0.2, 0.25) is 0 Å². The van der Waals surface area contributed by atoms with E-state index in [0.717, 1.165) is 22.3 Å². The second-order valence-corrected chi connectivity index (χ2v) is 10.1. The minimum absolute atomic E-state index is 0.134. The maximum absolute atomic E-state index is 13.8. The van der Waals surface area contributed by atoms with Crippen LogP contribution in [0.25, 0.3) is 0 Å². The molecular weight excluding hydrogens is 458 g/mol. The Bertz CT molecular complexity index is 1390. The topological polar surface area (TPSA) is 63.7 Å². The van der Waals surface area contributed by atoms with E-state index in [1.165, 1.54) is 16.2 Å². The van der Waals surface area contributed by atoms with Gasteiger partial charge < -0.3 is 4.74 Å². The number of nitrogens with zero attached hydrogens (tertiary/aromatic N) is 1. The van der Waals surface area contributed by atoms with Crippen LogP contribution in [-0.4, -0.2) is 17.8 Å². The van der Waals surface area contributed by atoms with Crippen molar-refractivity contribution in [3.05, 3.63) is 117 Å². The molecule has 0 unspecified atom stereocenters. The molecular formula is C29H19NO4S. The third kappa shape index (κ3) is 2.83. The number of thiophene rings is 1. The first kappa shape index (κ1) is 20.4. The Labute approximate surface area is 205 Å². The van der Waals surface area contributed by atoms with Crippen LogP contribution in [-0.2, 0) is 9.59 Å². The molecule has 3 aromatic carbocycles. The zero-order valence-electron chi connectivity index (χ0n) is 18.5. The molecule has 4 aromatic rings. The summed E-state index contributed by atoms with van der Waals surface area (Å²) in [6.07, 6.45) is 0. The molecule has 5 nitrogen and oxygen atoms in total. The monoisotopic (exact) mass is 477 g/mol. The third-order valence-corrected chi connectivity index (χ3v) is 8.33. The number of rotatable bonds is 3. The summed E-state index contributed by atoms with van der Waals surface area (Å²) in [5, 5.41) is 1.81. The largest absolute Gasteiger partial charge is 0.422 e. The number of hydrogen-bond donors (Lipinski definition) is 0. The lowest BCUT2D eigenvalue weighted by Gasteiger charge is -2.45. The summed E-state index contributed by atoms with van der Waals surface area (Å²) in [7, 11) is 0. The second kappa shape index (κ2) is 7.48. The van der Waals surface area contributed by atoms with E-state index in [1.807, 2.05) is 29.6 Å². The van der Waals surface area contributed by atoms with Crippen LogP contribution < -0.4 is 9.64 Å². The number of ether oxygens (including phenoxy) is 1. The predicted molar refractivity (Wildman–Crippen MR) is 132 cm³/mol. The maximum Gasteiger partial charge on any atom is 0.353 e. The van der Waals surface area contributed by atoms with Crippen molar-refractivity contribution in [1.82, 2.24) is 0 Å². The summed E-state index contributed by atoms with van der Waals surface area (Å²) in [6.45, 7) is 0. The van der Waals surface area contributed by atoms with Gasteiger partial charge in [0.1, 0.15) is 10.6 Å². The molecule has 170 valence electrons. The molecule has 3 aliphatic carbocycles. The molecule has 1 aliphatic heterocycles. The van der Waals surface area contributed by atoms with Crippen molar-refractivity contribution in [3.63, 3.8) is 0 Å². The minimum atomic E-state index is -0.431. The number of hydrogen-bond acceptors (Lipinski definition) is 5. The zero-order chi connectivity index (χ0) is 23.7. The van der Waals surface area contributed by atoms with Gasteiger partial charge in [-0.1, -0.05) is 54.6 Å². The van der Waals surface area contributed by atoms with Gasteiger partial charge in [0.25, 0.3) is 0 Å². The van der Waals surface area contributed by atoms with E-state index in [9.17, 15) is 14.4 Å². The fraction of sp³-hybridized carbons (Fsp3) is 0.138. The lowest BCUT2D eigenvalue weighted by atomic mass is 9.55. The van der Waals surface area contributed by atoms with Gasteiger partial charge in [0.05, 0.1) is 17.5 Å². The highest BCUT2D eigenvalue weighted by Gasteiger charge is 2.61. The van der Waals surface area contributed by atoms with Gasteiger partial charge in [0, 0.05) is 11.8 Å². The molecule has 8 rings (SSSR count). The average molecular weight is 478 g/mol. The first-order valence-electron chi connectivity index (χ1n) is 11.5. The average Bonchev–Trinajstić information content (AvgIpc) is 3.52. The van der Waals surface area contributed by atoms with Crippen molar-refractivity contribution in [3.8, 4) is 5.75 Å². The van der Waals surface area contributed by atoms with Crippen LogP contribution in [0.1, 0.15) is 43.8 Å². The van der Waals surface area contributed by atoms with Crippen molar-refractivity contribution >= 4 is 34.8 Å². The Kier molecular flexibility index (Phi) is 4.35. The molecule has 4 aliphatic rings. The highest BCUT2D eigenvalue weighted by molar-refractivity contribution is 7.12. The maximum atomic E-state index is 13.8. The normalized spacial score (nSPS) is 23.6. The Morgan fingerprint density at radius 3 is 1.66 bits per heavy atom. The standard InChI is InChI=1S/C29H19NO4S/c31-27-25-23-18-6-1-2-7-19(18)24(21-9-4-3-8-20(21)23)26(25)28(32)30(27)16-11-13-17(14-12-16)34-29(33)22-10-5-15-35-22/h1-15,23-26H/t23?,24?,25-,26-/m0/s1. The van der Waals surface area contributed by atoms with Crippen molar-refractivity contribution in [2.75, 3.05) is 4.90 Å². The van der Waals surface area contributed by atoms with Gasteiger partial charge in [-0.15, -0.1) is 11.3 Å². The number of carbonyl (C=O) groups excluding carboxylic acids is 3. The van der Waals surface area contributed by atoms with Gasteiger partial charge >= 0.3 is 5.97 Å². The van der Waals surface area contributed by atoms with Crippen molar-refractivity contribution in [1.29, 1.82) is 0 Å². The number of carbonyl (C=O) groups is 3. The Hall–Kier alpha value is -4.03. The van der Waals surface area contributed by atoms with Gasteiger partial charge in [-0.05, 0) is 58.0 Å². The summed E-state index contributed by atoms with van der Waals surface area (Å²) < 4.78 is 5.44. The molecule has 2 amide bonds. The molecule has 6 heteroatoms. The molecule has 2 heterocycles. The van der Waals surface area contributed by atoms with Crippen LogP contribution in [0.3, 0.4) is 0 Å².